The van der Waals surface area contributed by atoms with Gasteiger partial charge in [0.2, 0.25) is 0 Å². The van der Waals surface area contributed by atoms with Gasteiger partial charge in [0.15, 0.2) is 0 Å². The number of hydrogen-bond acceptors (Lipinski definition) is 4. The van der Waals surface area contributed by atoms with Crippen LogP contribution in [-0.2, 0) is 15.7 Å². The highest BCUT2D eigenvalue weighted by Gasteiger charge is 2.34. The van der Waals surface area contributed by atoms with Crippen LogP contribution in [0.3, 0.4) is 0 Å². The molecule has 0 bridgehead atoms. The van der Waals surface area contributed by atoms with Crippen molar-refractivity contribution in [1.29, 1.82) is 0 Å². The van der Waals surface area contributed by atoms with Crippen molar-refractivity contribution in [2.75, 3.05) is 45.2 Å². The van der Waals surface area contributed by atoms with Crippen LogP contribution >= 0.6 is 0 Å². The molecular weight excluding hydrogens is 357 g/mol. The summed E-state index contributed by atoms with van der Waals surface area (Å²) < 4.78 is 44.7. The predicted octanol–water partition coefficient (Wildman–Crippen LogP) is 3.90. The summed E-state index contributed by atoms with van der Waals surface area (Å²) in [5.74, 6) is -0.302. The van der Waals surface area contributed by atoms with Crippen LogP contribution < -0.4 is 4.90 Å². The van der Waals surface area contributed by atoms with Gasteiger partial charge in [-0.2, -0.15) is 13.2 Å². The number of carbonyl (C=O) groups is 1. The lowest BCUT2D eigenvalue weighted by Crippen LogP contribution is -2.45. The monoisotopic (exact) mass is 384 g/mol. The zero-order valence-electron chi connectivity index (χ0n) is 15.9. The number of esters is 1. The number of nitrogens with zero attached hydrogens (tertiary/aromatic N) is 2. The topological polar surface area (TPSA) is 32.8 Å². The molecule has 4 nitrogen and oxygen atoms in total. The summed E-state index contributed by atoms with van der Waals surface area (Å²) in [6, 6.07) is 4.16. The van der Waals surface area contributed by atoms with Gasteiger partial charge in [-0.1, -0.05) is 0 Å². The second-order valence-electron chi connectivity index (χ2n) is 7.63. The quantitative estimate of drug-likeness (QED) is 0.740. The zero-order chi connectivity index (χ0) is 19.6. The lowest BCUT2D eigenvalue weighted by Gasteiger charge is -2.37. The second kappa shape index (κ2) is 8.09. The number of likely N-dealkylation sites (N-methyl/N-ethyl adjacent to an activating group) is 1. The highest BCUT2D eigenvalue weighted by Crippen LogP contribution is 2.42. The van der Waals surface area contributed by atoms with Gasteiger partial charge in [-0.25, -0.2) is 0 Å². The summed E-state index contributed by atoms with van der Waals surface area (Å²) in [6.45, 7) is 3.42. The molecule has 2 aliphatic rings. The van der Waals surface area contributed by atoms with Gasteiger partial charge in [0.05, 0.1) is 18.6 Å². The van der Waals surface area contributed by atoms with Crippen LogP contribution in [-0.4, -0.2) is 51.2 Å². The number of halogens is 3. The van der Waals surface area contributed by atoms with Gasteiger partial charge >= 0.3 is 12.1 Å². The minimum absolute atomic E-state index is 0.0443. The largest absolute Gasteiger partial charge is 0.469 e. The van der Waals surface area contributed by atoms with Gasteiger partial charge in [0.1, 0.15) is 0 Å². The van der Waals surface area contributed by atoms with Crippen molar-refractivity contribution in [3.8, 4) is 0 Å². The lowest BCUT2D eigenvalue weighted by atomic mass is 9.77. The molecule has 1 saturated carbocycles. The number of benzene rings is 1. The smallest absolute Gasteiger partial charge is 0.416 e. The van der Waals surface area contributed by atoms with E-state index in [1.54, 1.807) is 6.07 Å². The minimum atomic E-state index is -4.35. The van der Waals surface area contributed by atoms with E-state index in [0.717, 1.165) is 37.4 Å². The molecule has 1 heterocycles. The van der Waals surface area contributed by atoms with Crippen molar-refractivity contribution in [2.45, 2.75) is 37.8 Å². The van der Waals surface area contributed by atoms with Crippen LogP contribution in [0.1, 0.15) is 42.7 Å². The fourth-order valence-corrected chi connectivity index (χ4v) is 4.20. The molecule has 0 spiro atoms. The van der Waals surface area contributed by atoms with Crippen LogP contribution in [0.25, 0.3) is 0 Å². The number of anilines is 1. The fraction of sp³-hybridized carbons (Fsp3) is 0.650. The molecule has 2 fully saturated rings. The van der Waals surface area contributed by atoms with E-state index in [4.69, 9.17) is 4.74 Å². The molecular formula is C20H27F3N2O2. The second-order valence-corrected chi connectivity index (χ2v) is 7.63. The van der Waals surface area contributed by atoms with Crippen LogP contribution in [0, 0.1) is 5.92 Å². The van der Waals surface area contributed by atoms with E-state index in [1.165, 1.54) is 19.2 Å². The van der Waals surface area contributed by atoms with Gasteiger partial charge in [0.25, 0.3) is 0 Å². The molecule has 7 heteroatoms. The first-order valence-electron chi connectivity index (χ1n) is 9.52. The number of methoxy groups -OCH3 is 1. The third-order valence-electron chi connectivity index (χ3n) is 5.90. The van der Waals surface area contributed by atoms with Crippen molar-refractivity contribution in [3.63, 3.8) is 0 Å². The molecule has 0 unspecified atom stereocenters. The third-order valence-corrected chi connectivity index (χ3v) is 5.90. The van der Waals surface area contributed by atoms with Crippen molar-refractivity contribution in [1.82, 2.24) is 4.90 Å². The Balaban J connectivity index is 1.86. The summed E-state index contributed by atoms with van der Waals surface area (Å²) >= 11 is 0. The molecule has 1 aromatic carbocycles. The minimum Gasteiger partial charge on any atom is -0.469 e. The Morgan fingerprint density at radius 1 is 1.07 bits per heavy atom. The van der Waals surface area contributed by atoms with E-state index >= 15 is 0 Å². The molecule has 1 aliphatic carbocycles. The van der Waals surface area contributed by atoms with Crippen molar-refractivity contribution >= 4 is 11.7 Å². The standard InChI is InChI=1S/C20H27F3N2O2/c1-24-9-11-25(12-10-24)18-8-7-16(20(21,22)23)13-17(18)14-3-5-15(6-4-14)19(26)27-2/h7-8,13-15H,3-6,9-12H2,1-2H3. The Bertz CT molecular complexity index is 662. The predicted molar refractivity (Wildman–Crippen MR) is 97.9 cm³/mol. The van der Waals surface area contributed by atoms with Crippen LogP contribution in [0.2, 0.25) is 0 Å². The van der Waals surface area contributed by atoms with Gasteiger partial charge in [-0.15, -0.1) is 0 Å². The fourth-order valence-electron chi connectivity index (χ4n) is 4.20. The number of hydrogen-bond donors (Lipinski definition) is 0. The first-order chi connectivity index (χ1) is 12.8. The van der Waals surface area contributed by atoms with Gasteiger partial charge in [-0.3, -0.25) is 4.79 Å². The SMILES string of the molecule is COC(=O)C1CCC(c2cc(C(F)(F)F)ccc2N2CCN(C)CC2)CC1. The molecule has 150 valence electrons. The summed E-state index contributed by atoms with van der Waals surface area (Å²) in [5, 5.41) is 0. The molecule has 0 atom stereocenters. The van der Waals surface area contributed by atoms with E-state index in [1.807, 2.05) is 0 Å². The molecule has 0 aromatic heterocycles. The van der Waals surface area contributed by atoms with Crippen molar-refractivity contribution in [3.05, 3.63) is 29.3 Å². The third kappa shape index (κ3) is 4.57. The summed E-state index contributed by atoms with van der Waals surface area (Å²) in [5.41, 5.74) is 1.10. The zero-order valence-corrected chi connectivity index (χ0v) is 15.9. The lowest BCUT2D eigenvalue weighted by molar-refractivity contribution is -0.146. The number of piperazine rings is 1. The maximum absolute atomic E-state index is 13.3. The average molecular weight is 384 g/mol. The number of carbonyl (C=O) groups excluding carboxylic acids is 1. The first-order valence-corrected chi connectivity index (χ1v) is 9.52. The average Bonchev–Trinajstić information content (AvgIpc) is 2.67. The molecule has 0 N–H and O–H groups in total. The Hall–Kier alpha value is -1.76. The normalized spacial score (nSPS) is 24.7. The summed E-state index contributed by atoms with van der Waals surface area (Å²) in [7, 11) is 3.44. The molecule has 1 aliphatic heterocycles. The van der Waals surface area contributed by atoms with Crippen LogP contribution in [0.4, 0.5) is 18.9 Å². The van der Waals surface area contributed by atoms with E-state index in [-0.39, 0.29) is 17.8 Å². The molecule has 3 rings (SSSR count). The summed E-state index contributed by atoms with van der Waals surface area (Å²) in [6.07, 6.45) is -1.60. The number of rotatable bonds is 3. The van der Waals surface area contributed by atoms with Crippen LogP contribution in [0.5, 0.6) is 0 Å². The van der Waals surface area contributed by atoms with E-state index < -0.39 is 11.7 Å². The maximum atomic E-state index is 13.3. The Kier molecular flexibility index (Phi) is 5.99. The van der Waals surface area contributed by atoms with Gasteiger partial charge in [0, 0.05) is 31.9 Å². The molecule has 27 heavy (non-hydrogen) atoms. The molecule has 0 radical (unpaired) electrons. The number of ether oxygens (including phenoxy) is 1. The molecule has 0 amide bonds. The first kappa shape index (κ1) is 20.0. The number of alkyl halides is 3. The van der Waals surface area contributed by atoms with Gasteiger partial charge in [-0.05, 0) is 62.4 Å². The highest BCUT2D eigenvalue weighted by molar-refractivity contribution is 5.72. The molecule has 1 saturated heterocycles. The Morgan fingerprint density at radius 3 is 2.26 bits per heavy atom. The highest BCUT2D eigenvalue weighted by atomic mass is 19.4. The van der Waals surface area contributed by atoms with E-state index in [0.29, 0.717) is 25.7 Å². The molecule has 1 aromatic rings. The van der Waals surface area contributed by atoms with E-state index in [2.05, 4.69) is 16.8 Å². The van der Waals surface area contributed by atoms with E-state index in [9.17, 15) is 18.0 Å². The van der Waals surface area contributed by atoms with Crippen LogP contribution in [0.15, 0.2) is 18.2 Å². The Morgan fingerprint density at radius 2 is 1.70 bits per heavy atom. The maximum Gasteiger partial charge on any atom is 0.416 e. The van der Waals surface area contributed by atoms with Crippen molar-refractivity contribution in [2.24, 2.45) is 5.92 Å². The Labute approximate surface area is 158 Å². The summed E-state index contributed by atoms with van der Waals surface area (Å²) in [4.78, 5) is 16.2. The van der Waals surface area contributed by atoms with Gasteiger partial charge < -0.3 is 14.5 Å². The van der Waals surface area contributed by atoms with Crippen molar-refractivity contribution < 1.29 is 22.7 Å².